The monoisotopic (exact) mass is 233 g/mol. The van der Waals surface area contributed by atoms with E-state index in [9.17, 15) is 0 Å². The van der Waals surface area contributed by atoms with E-state index in [1.54, 1.807) is 5.56 Å². The van der Waals surface area contributed by atoms with Crippen LogP contribution in [0.4, 0.5) is 0 Å². The molecule has 0 amide bonds. The second-order valence-electron chi connectivity index (χ2n) is 5.58. The predicted octanol–water partition coefficient (Wildman–Crippen LogP) is 4.91. The van der Waals surface area contributed by atoms with Crippen molar-refractivity contribution in [3.8, 4) is 11.1 Å². The Hall–Kier alpha value is -1.56. The molecule has 2 aromatic rings. The number of fused-ring (bicyclic) bond motifs is 4. The number of hydrogen-bond acceptors (Lipinski definition) is 0. The molecule has 18 heavy (non-hydrogen) atoms. The Balaban J connectivity index is 1.85. The molecule has 0 heterocycles. The Kier molecular flexibility index (Phi) is 2.29. The topological polar surface area (TPSA) is 0 Å². The Morgan fingerprint density at radius 3 is 2.50 bits per heavy atom. The maximum absolute atomic E-state index is 3.50. The average Bonchev–Trinajstić information content (AvgIpc) is 2.45. The van der Waals surface area contributed by atoms with Crippen molar-refractivity contribution in [1.29, 1.82) is 0 Å². The van der Waals surface area contributed by atoms with Crippen molar-refractivity contribution in [1.82, 2.24) is 0 Å². The van der Waals surface area contributed by atoms with E-state index >= 15 is 0 Å². The van der Waals surface area contributed by atoms with Crippen LogP contribution in [0.3, 0.4) is 0 Å². The van der Waals surface area contributed by atoms with Gasteiger partial charge in [0.15, 0.2) is 0 Å². The maximum atomic E-state index is 3.50. The lowest BCUT2D eigenvalue weighted by molar-refractivity contribution is 0.342. The summed E-state index contributed by atoms with van der Waals surface area (Å²) < 4.78 is 0. The summed E-state index contributed by atoms with van der Waals surface area (Å²) in [4.78, 5) is 0. The molecule has 2 aromatic carbocycles. The third kappa shape index (κ3) is 1.38. The van der Waals surface area contributed by atoms with Crippen molar-refractivity contribution >= 4 is 0 Å². The van der Waals surface area contributed by atoms with Crippen LogP contribution in [0.1, 0.15) is 48.6 Å². The fourth-order valence-electron chi connectivity index (χ4n) is 3.83. The van der Waals surface area contributed by atoms with E-state index in [1.165, 1.54) is 42.4 Å². The van der Waals surface area contributed by atoms with E-state index in [1.807, 2.05) is 0 Å². The van der Waals surface area contributed by atoms with Crippen molar-refractivity contribution in [2.75, 3.05) is 0 Å². The molecular weight excluding hydrogens is 216 g/mol. The summed E-state index contributed by atoms with van der Waals surface area (Å²) in [6.07, 6.45) is 5.58. The highest BCUT2D eigenvalue weighted by Gasteiger charge is 2.40. The first-order chi connectivity index (χ1) is 8.95. The van der Waals surface area contributed by atoms with Crippen LogP contribution in [0.2, 0.25) is 0 Å². The Bertz CT molecular complexity index is 568. The first-order valence-electron chi connectivity index (χ1n) is 7.05. The normalized spacial score (nSPS) is 24.9. The molecule has 0 spiro atoms. The van der Waals surface area contributed by atoms with Gasteiger partial charge in [0.2, 0.25) is 0 Å². The van der Waals surface area contributed by atoms with Gasteiger partial charge in [-0.2, -0.15) is 0 Å². The third-order valence-corrected chi connectivity index (χ3v) is 4.66. The minimum Gasteiger partial charge on any atom is -0.0622 e. The molecule has 4 rings (SSSR count). The van der Waals surface area contributed by atoms with Gasteiger partial charge in [0.1, 0.15) is 0 Å². The van der Waals surface area contributed by atoms with E-state index in [0.717, 1.165) is 11.8 Å². The lowest BCUT2D eigenvalue weighted by Crippen LogP contribution is -2.28. The summed E-state index contributed by atoms with van der Waals surface area (Å²) >= 11 is 0. The molecule has 0 bridgehead atoms. The van der Waals surface area contributed by atoms with Crippen molar-refractivity contribution in [2.45, 2.75) is 37.5 Å². The minimum atomic E-state index is 0.817. The van der Waals surface area contributed by atoms with E-state index in [0.29, 0.717) is 0 Å². The largest absolute Gasteiger partial charge is 0.0622 e. The highest BCUT2D eigenvalue weighted by Crippen LogP contribution is 2.57. The Labute approximate surface area is 109 Å². The zero-order valence-electron chi connectivity index (χ0n) is 10.5. The third-order valence-electron chi connectivity index (χ3n) is 4.66. The quantitative estimate of drug-likeness (QED) is 0.656. The molecule has 2 aliphatic rings. The molecule has 0 saturated heterocycles. The van der Waals surface area contributed by atoms with Crippen LogP contribution in [-0.4, -0.2) is 0 Å². The van der Waals surface area contributed by atoms with Crippen molar-refractivity contribution in [3.63, 3.8) is 0 Å². The van der Waals surface area contributed by atoms with Gasteiger partial charge in [-0.25, -0.2) is 0 Å². The van der Waals surface area contributed by atoms with Crippen molar-refractivity contribution < 1.29 is 0 Å². The van der Waals surface area contributed by atoms with Gasteiger partial charge in [0, 0.05) is 0 Å². The van der Waals surface area contributed by atoms with Gasteiger partial charge in [-0.05, 0) is 53.0 Å². The number of hydrogen-bond donors (Lipinski definition) is 0. The average molecular weight is 233 g/mol. The lowest BCUT2D eigenvalue weighted by Gasteiger charge is -2.44. The van der Waals surface area contributed by atoms with Crippen LogP contribution < -0.4 is 0 Å². The predicted molar refractivity (Wildman–Crippen MR) is 74.7 cm³/mol. The van der Waals surface area contributed by atoms with Crippen LogP contribution in [0.5, 0.6) is 0 Å². The molecule has 89 valence electrons. The van der Waals surface area contributed by atoms with Gasteiger partial charge >= 0.3 is 0 Å². The Morgan fingerprint density at radius 2 is 1.67 bits per heavy atom. The van der Waals surface area contributed by atoms with E-state index in [-0.39, 0.29) is 0 Å². The van der Waals surface area contributed by atoms with E-state index < -0.39 is 0 Å². The molecule has 0 N–H and O–H groups in total. The molecule has 0 nitrogen and oxygen atoms in total. The molecule has 1 fully saturated rings. The van der Waals surface area contributed by atoms with Gasteiger partial charge in [0.25, 0.3) is 0 Å². The van der Waals surface area contributed by atoms with Crippen LogP contribution in [0.15, 0.2) is 42.5 Å². The molecule has 2 atom stereocenters. The lowest BCUT2D eigenvalue weighted by atomic mass is 9.60. The summed E-state index contributed by atoms with van der Waals surface area (Å²) in [6, 6.07) is 18.7. The number of rotatable bonds is 1. The molecule has 1 radical (unpaired) electrons. The van der Waals surface area contributed by atoms with Crippen LogP contribution in [-0.2, 0) is 0 Å². The molecule has 0 aromatic heterocycles. The summed E-state index contributed by atoms with van der Waals surface area (Å²) in [5, 5.41) is 0. The maximum Gasteiger partial charge on any atom is -0.00835 e. The highest BCUT2D eigenvalue weighted by molar-refractivity contribution is 5.72. The van der Waals surface area contributed by atoms with Gasteiger partial charge in [0.05, 0.1) is 0 Å². The second-order valence-corrected chi connectivity index (χ2v) is 5.58. The SMILES string of the molecule is [c]1ccc(-c2ccccc2)c2c1C1CCCCC21. The summed E-state index contributed by atoms with van der Waals surface area (Å²) in [6.45, 7) is 0. The molecule has 2 aliphatic carbocycles. The molecule has 0 heteroatoms. The first kappa shape index (κ1) is 10.4. The standard InChI is InChI=1S/C18H17/c1-2-7-13(8-3-1)14-11-6-12-17-15-9-4-5-10-16(15)18(14)17/h1-3,6-8,11,15-16H,4-5,9-10H2. The molecule has 1 saturated carbocycles. The summed E-state index contributed by atoms with van der Waals surface area (Å²) in [7, 11) is 0. The fraction of sp³-hybridized carbons (Fsp3) is 0.333. The summed E-state index contributed by atoms with van der Waals surface area (Å²) in [5.41, 5.74) is 5.94. The fourth-order valence-corrected chi connectivity index (χ4v) is 3.83. The van der Waals surface area contributed by atoms with Crippen LogP contribution in [0.25, 0.3) is 11.1 Å². The van der Waals surface area contributed by atoms with Gasteiger partial charge in [-0.15, -0.1) is 0 Å². The first-order valence-corrected chi connectivity index (χ1v) is 7.05. The van der Waals surface area contributed by atoms with Crippen LogP contribution in [0, 0.1) is 6.07 Å². The molecule has 2 unspecified atom stereocenters. The van der Waals surface area contributed by atoms with Gasteiger partial charge in [-0.1, -0.05) is 55.3 Å². The zero-order valence-corrected chi connectivity index (χ0v) is 10.5. The highest BCUT2D eigenvalue weighted by atomic mass is 14.4. The van der Waals surface area contributed by atoms with Crippen LogP contribution >= 0.6 is 0 Å². The molecule has 0 aliphatic heterocycles. The smallest absolute Gasteiger partial charge is 0.00835 e. The minimum absolute atomic E-state index is 0.817. The Morgan fingerprint density at radius 1 is 0.889 bits per heavy atom. The summed E-state index contributed by atoms with van der Waals surface area (Å²) in [5.74, 6) is 1.64. The number of benzene rings is 2. The zero-order chi connectivity index (χ0) is 11.9. The van der Waals surface area contributed by atoms with Crippen molar-refractivity contribution in [2.24, 2.45) is 0 Å². The second kappa shape index (κ2) is 3.98. The molecular formula is C18H17. The van der Waals surface area contributed by atoms with Crippen molar-refractivity contribution in [3.05, 3.63) is 59.7 Å². The van der Waals surface area contributed by atoms with E-state index in [4.69, 9.17) is 0 Å². The van der Waals surface area contributed by atoms with E-state index in [2.05, 4.69) is 48.5 Å². The van der Waals surface area contributed by atoms with Gasteiger partial charge < -0.3 is 0 Å². The van der Waals surface area contributed by atoms with Gasteiger partial charge in [-0.3, -0.25) is 0 Å².